The second-order valence-electron chi connectivity index (χ2n) is 6.15. The smallest absolute Gasteiger partial charge is 0.207 e. The molecule has 1 heterocycles. The molecule has 0 saturated carbocycles. The van der Waals surface area contributed by atoms with Gasteiger partial charge in [-0.05, 0) is 42.4 Å². The topological polar surface area (TPSA) is 37.4 Å². The van der Waals surface area contributed by atoms with Crippen LogP contribution < -0.4 is 0 Å². The molecule has 1 aliphatic rings. The summed E-state index contributed by atoms with van der Waals surface area (Å²) in [5.41, 5.74) is 1.36. The normalized spacial score (nSPS) is 19.6. The number of benzene rings is 1. The minimum atomic E-state index is -3.35. The molecule has 21 heavy (non-hydrogen) atoms. The lowest BCUT2D eigenvalue weighted by Crippen LogP contribution is -2.41. The summed E-state index contributed by atoms with van der Waals surface area (Å²) in [5, 5.41) is 0. The fourth-order valence-electron chi connectivity index (χ4n) is 2.71. The summed E-state index contributed by atoms with van der Waals surface area (Å²) < 4.78 is 26.9. The van der Waals surface area contributed by atoms with Crippen LogP contribution in [0.4, 0.5) is 0 Å². The molecular formula is C16H24ClNO2S. The largest absolute Gasteiger partial charge is 0.243 e. The first-order valence-corrected chi connectivity index (χ1v) is 9.54. The minimum absolute atomic E-state index is 0.288. The van der Waals surface area contributed by atoms with E-state index < -0.39 is 10.0 Å². The van der Waals surface area contributed by atoms with Crippen molar-refractivity contribution in [3.8, 4) is 0 Å². The molecule has 0 N–H and O–H groups in total. The Morgan fingerprint density at radius 3 is 2.24 bits per heavy atom. The molecule has 1 saturated heterocycles. The van der Waals surface area contributed by atoms with E-state index in [9.17, 15) is 8.42 Å². The molecule has 1 aromatic carbocycles. The molecule has 0 aliphatic carbocycles. The highest BCUT2D eigenvalue weighted by Gasteiger charge is 2.34. The van der Waals surface area contributed by atoms with E-state index in [1.165, 1.54) is 0 Å². The van der Waals surface area contributed by atoms with Gasteiger partial charge in [-0.1, -0.05) is 32.4 Å². The number of hydrogen-bond acceptors (Lipinski definition) is 2. The third-order valence-corrected chi connectivity index (χ3v) is 6.83. The molecule has 118 valence electrons. The third kappa shape index (κ3) is 3.79. The molecule has 1 aliphatic heterocycles. The lowest BCUT2D eigenvalue weighted by atomic mass is 9.79. The quantitative estimate of drug-likeness (QED) is 0.773. The molecule has 0 amide bonds. The summed E-state index contributed by atoms with van der Waals surface area (Å²) in [6.45, 7) is 5.67. The number of piperidine rings is 1. The highest BCUT2D eigenvalue weighted by molar-refractivity contribution is 7.89. The molecule has 0 unspecified atom stereocenters. The first-order chi connectivity index (χ1) is 9.91. The van der Waals surface area contributed by atoms with Crippen LogP contribution in [0.2, 0.25) is 0 Å². The Hall–Kier alpha value is -0.580. The van der Waals surface area contributed by atoms with E-state index in [1.54, 1.807) is 16.4 Å². The van der Waals surface area contributed by atoms with Crippen molar-refractivity contribution in [1.29, 1.82) is 0 Å². The first-order valence-electron chi connectivity index (χ1n) is 7.56. The minimum Gasteiger partial charge on any atom is -0.207 e. The summed E-state index contributed by atoms with van der Waals surface area (Å²) in [7, 11) is -3.35. The average molecular weight is 330 g/mol. The molecule has 0 bridgehead atoms. The summed E-state index contributed by atoms with van der Waals surface area (Å²) >= 11 is 5.70. The maximum atomic E-state index is 12.7. The molecule has 2 rings (SSSR count). The van der Waals surface area contributed by atoms with Crippen LogP contribution in [-0.2, 0) is 16.4 Å². The number of rotatable bonds is 5. The van der Waals surface area contributed by atoms with Gasteiger partial charge in [0.05, 0.1) is 4.90 Å². The predicted octanol–water partition coefficient (Wildman–Crippen LogP) is 3.67. The Morgan fingerprint density at radius 1 is 1.19 bits per heavy atom. The number of sulfonamides is 1. The molecule has 1 fully saturated rings. The van der Waals surface area contributed by atoms with Crippen LogP contribution in [0.5, 0.6) is 0 Å². The zero-order chi connectivity index (χ0) is 15.5. The van der Waals surface area contributed by atoms with Gasteiger partial charge in [-0.2, -0.15) is 4.31 Å². The number of halogens is 1. The summed E-state index contributed by atoms with van der Waals surface area (Å²) in [5.74, 6) is 0.549. The molecule has 0 aromatic heterocycles. The molecule has 0 radical (unpaired) electrons. The SMILES string of the molecule is CCC1(C)CCN(S(=O)(=O)c2ccc(CCCl)cc2)CC1. The van der Waals surface area contributed by atoms with Gasteiger partial charge in [0.25, 0.3) is 0 Å². The van der Waals surface area contributed by atoms with Gasteiger partial charge in [-0.25, -0.2) is 8.42 Å². The van der Waals surface area contributed by atoms with Crippen LogP contribution in [-0.4, -0.2) is 31.7 Å². The van der Waals surface area contributed by atoms with E-state index >= 15 is 0 Å². The van der Waals surface area contributed by atoms with Gasteiger partial charge in [0, 0.05) is 19.0 Å². The van der Waals surface area contributed by atoms with E-state index in [-0.39, 0.29) is 5.41 Å². The zero-order valence-electron chi connectivity index (χ0n) is 12.8. The van der Waals surface area contributed by atoms with Crippen molar-refractivity contribution < 1.29 is 8.42 Å². The van der Waals surface area contributed by atoms with Crippen LogP contribution in [0, 0.1) is 5.41 Å². The van der Waals surface area contributed by atoms with Gasteiger partial charge in [0.15, 0.2) is 0 Å². The zero-order valence-corrected chi connectivity index (χ0v) is 14.4. The van der Waals surface area contributed by atoms with E-state index in [0.717, 1.165) is 31.2 Å². The number of alkyl halides is 1. The standard InChI is InChI=1S/C16H24ClNO2S/c1-3-16(2)9-12-18(13-10-16)21(19,20)15-6-4-14(5-7-15)8-11-17/h4-7H,3,8-13H2,1-2H3. The predicted molar refractivity (Wildman–Crippen MR) is 87.3 cm³/mol. The Bertz CT molecular complexity index is 560. The lowest BCUT2D eigenvalue weighted by molar-refractivity contribution is 0.169. The van der Waals surface area contributed by atoms with Crippen LogP contribution in [0.15, 0.2) is 29.2 Å². The summed E-state index contributed by atoms with van der Waals surface area (Å²) in [6.07, 6.45) is 3.74. The van der Waals surface area contributed by atoms with Gasteiger partial charge in [0.1, 0.15) is 0 Å². The Balaban J connectivity index is 2.12. The van der Waals surface area contributed by atoms with Crippen molar-refractivity contribution in [2.75, 3.05) is 19.0 Å². The Kier molecular flexibility index (Phi) is 5.33. The lowest BCUT2D eigenvalue weighted by Gasteiger charge is -2.38. The molecule has 0 atom stereocenters. The first kappa shape index (κ1) is 16.8. The number of hydrogen-bond donors (Lipinski definition) is 0. The third-order valence-electron chi connectivity index (χ3n) is 4.73. The molecule has 3 nitrogen and oxygen atoms in total. The fraction of sp³-hybridized carbons (Fsp3) is 0.625. The second-order valence-corrected chi connectivity index (χ2v) is 8.47. The Morgan fingerprint density at radius 2 is 1.76 bits per heavy atom. The van der Waals surface area contributed by atoms with Crippen molar-refractivity contribution in [3.05, 3.63) is 29.8 Å². The van der Waals surface area contributed by atoms with E-state index in [4.69, 9.17) is 11.6 Å². The highest BCUT2D eigenvalue weighted by atomic mass is 35.5. The highest BCUT2D eigenvalue weighted by Crippen LogP contribution is 2.35. The van der Waals surface area contributed by atoms with Crippen LogP contribution >= 0.6 is 11.6 Å². The van der Waals surface area contributed by atoms with Gasteiger partial charge in [0.2, 0.25) is 10.0 Å². The monoisotopic (exact) mass is 329 g/mol. The van der Waals surface area contributed by atoms with E-state index in [0.29, 0.717) is 23.9 Å². The Labute approximate surface area is 133 Å². The van der Waals surface area contributed by atoms with Crippen molar-refractivity contribution in [2.24, 2.45) is 5.41 Å². The maximum absolute atomic E-state index is 12.7. The van der Waals surface area contributed by atoms with Crippen molar-refractivity contribution in [3.63, 3.8) is 0 Å². The van der Waals surface area contributed by atoms with Gasteiger partial charge in [-0.15, -0.1) is 11.6 Å². The van der Waals surface area contributed by atoms with Crippen molar-refractivity contribution in [1.82, 2.24) is 4.31 Å². The van der Waals surface area contributed by atoms with Crippen LogP contribution in [0.1, 0.15) is 38.7 Å². The number of nitrogens with zero attached hydrogens (tertiary/aromatic N) is 1. The number of aryl methyl sites for hydroxylation is 1. The summed E-state index contributed by atoms with van der Waals surface area (Å²) in [6, 6.07) is 7.11. The van der Waals surface area contributed by atoms with Gasteiger partial charge in [-0.3, -0.25) is 0 Å². The summed E-state index contributed by atoms with van der Waals surface area (Å²) in [4.78, 5) is 0.390. The van der Waals surface area contributed by atoms with Crippen molar-refractivity contribution in [2.45, 2.75) is 44.4 Å². The van der Waals surface area contributed by atoms with Crippen LogP contribution in [0.25, 0.3) is 0 Å². The molecule has 5 heteroatoms. The molecule has 1 aromatic rings. The van der Waals surface area contributed by atoms with E-state index in [2.05, 4.69) is 13.8 Å². The van der Waals surface area contributed by atoms with Gasteiger partial charge >= 0.3 is 0 Å². The molecular weight excluding hydrogens is 306 g/mol. The second kappa shape index (κ2) is 6.67. The average Bonchev–Trinajstić information content (AvgIpc) is 2.49. The van der Waals surface area contributed by atoms with Crippen LogP contribution in [0.3, 0.4) is 0 Å². The van der Waals surface area contributed by atoms with Crippen molar-refractivity contribution >= 4 is 21.6 Å². The molecule has 0 spiro atoms. The fourth-order valence-corrected chi connectivity index (χ4v) is 4.37. The van der Waals surface area contributed by atoms with Gasteiger partial charge < -0.3 is 0 Å². The maximum Gasteiger partial charge on any atom is 0.243 e. The van der Waals surface area contributed by atoms with E-state index in [1.807, 2.05) is 12.1 Å².